The van der Waals surface area contributed by atoms with Crippen molar-refractivity contribution in [2.75, 3.05) is 13.1 Å². The molecule has 3 aliphatic carbocycles. The van der Waals surface area contributed by atoms with Gasteiger partial charge in [-0.25, -0.2) is 22.4 Å². The SMILES string of the molecule is C[C@H]1CC/C=C\[C@@H]2C[C@@]2(C(=O)NS(=O)(=O)C2(C)CC2)NC(=O)[C@@H]2C[C@@H](N(C(=O)O)C3=CC=C(F)C(=O)[C@H]3NC(=O)OC(C)(C)C)CN2CC[C@H](C)C1. The molecule has 0 unspecified atom stereocenters. The van der Waals surface area contributed by atoms with Crippen molar-refractivity contribution in [3.63, 3.8) is 0 Å². The molecule has 0 bridgehead atoms. The summed E-state index contributed by atoms with van der Waals surface area (Å²) in [6, 6.07) is -3.57. The molecule has 0 aromatic heterocycles. The number of carbonyl (C=O) groups excluding carboxylic acids is 4. The number of halogens is 1. The summed E-state index contributed by atoms with van der Waals surface area (Å²) in [6.07, 6.45) is 7.55. The summed E-state index contributed by atoms with van der Waals surface area (Å²) in [7, 11) is -4.00. The largest absolute Gasteiger partial charge is 0.465 e. The second-order valence-corrected chi connectivity index (χ2v) is 18.7. The zero-order chi connectivity index (χ0) is 38.4. The van der Waals surface area contributed by atoms with E-state index in [4.69, 9.17) is 4.74 Å². The molecule has 5 rings (SSSR count). The maximum absolute atomic E-state index is 14.6. The Bertz CT molecular complexity index is 1680. The van der Waals surface area contributed by atoms with Crippen molar-refractivity contribution in [1.29, 1.82) is 0 Å². The van der Waals surface area contributed by atoms with Gasteiger partial charge >= 0.3 is 12.2 Å². The van der Waals surface area contributed by atoms with Crippen LogP contribution in [-0.2, 0) is 29.1 Å². The molecule has 1 saturated heterocycles. The van der Waals surface area contributed by atoms with E-state index < -0.39 is 85.6 Å². The van der Waals surface area contributed by atoms with E-state index in [9.17, 15) is 41.9 Å². The number of allylic oxidation sites excluding steroid dienone is 3. The molecule has 4 N–H and O–H groups in total. The molecule has 2 heterocycles. The first-order valence-corrected chi connectivity index (χ1v) is 19.6. The molecule has 52 heavy (non-hydrogen) atoms. The van der Waals surface area contributed by atoms with Gasteiger partial charge in [-0.3, -0.25) is 28.9 Å². The van der Waals surface area contributed by atoms with Crippen molar-refractivity contribution in [3.05, 3.63) is 35.8 Å². The molecule has 3 fully saturated rings. The Kier molecular flexibility index (Phi) is 11.0. The second kappa shape index (κ2) is 14.6. The number of ketones is 1. The number of carboxylic acid groups (broad SMARTS) is 1. The number of sulfonamides is 1. The maximum atomic E-state index is 14.6. The maximum Gasteiger partial charge on any atom is 0.411 e. The number of ether oxygens (including phenoxy) is 1. The predicted molar refractivity (Wildman–Crippen MR) is 189 cm³/mol. The van der Waals surface area contributed by atoms with Crippen LogP contribution in [0.15, 0.2) is 35.8 Å². The van der Waals surface area contributed by atoms with Crippen molar-refractivity contribution in [2.24, 2.45) is 17.8 Å². The Morgan fingerprint density at radius 2 is 1.77 bits per heavy atom. The van der Waals surface area contributed by atoms with Crippen LogP contribution in [0.25, 0.3) is 0 Å². The van der Waals surface area contributed by atoms with Crippen LogP contribution in [0.2, 0.25) is 0 Å². The summed E-state index contributed by atoms with van der Waals surface area (Å²) in [6.45, 7) is 11.1. The molecule has 7 atom stereocenters. The van der Waals surface area contributed by atoms with Crippen LogP contribution in [0, 0.1) is 17.8 Å². The average Bonchev–Trinajstić information content (AvgIpc) is 3.90. The molecule has 288 valence electrons. The Balaban J connectivity index is 1.45. The van der Waals surface area contributed by atoms with Gasteiger partial charge in [0.2, 0.25) is 21.7 Å². The average molecular weight is 750 g/mol. The zero-order valence-corrected chi connectivity index (χ0v) is 31.6. The highest BCUT2D eigenvalue weighted by molar-refractivity contribution is 7.91. The normalized spacial score (nSPS) is 33.0. The van der Waals surface area contributed by atoms with E-state index in [1.54, 1.807) is 27.7 Å². The van der Waals surface area contributed by atoms with E-state index in [1.807, 2.05) is 17.1 Å². The number of hydrogen-bond donors (Lipinski definition) is 4. The van der Waals surface area contributed by atoms with E-state index in [2.05, 4.69) is 29.2 Å². The Morgan fingerprint density at radius 1 is 1.10 bits per heavy atom. The summed E-state index contributed by atoms with van der Waals surface area (Å²) >= 11 is 0. The molecule has 14 nitrogen and oxygen atoms in total. The predicted octanol–water partition coefficient (Wildman–Crippen LogP) is 3.90. The van der Waals surface area contributed by atoms with Gasteiger partial charge in [-0.2, -0.15) is 0 Å². The summed E-state index contributed by atoms with van der Waals surface area (Å²) in [4.78, 5) is 69.5. The number of rotatable bonds is 6. The quantitative estimate of drug-likeness (QED) is 0.290. The van der Waals surface area contributed by atoms with Gasteiger partial charge in [-0.15, -0.1) is 0 Å². The third-order valence-electron chi connectivity index (χ3n) is 10.9. The molecule has 0 aromatic rings. The Labute approximate surface area is 304 Å². The first-order chi connectivity index (χ1) is 24.2. The first kappa shape index (κ1) is 39.4. The van der Waals surface area contributed by atoms with Crippen LogP contribution in [0.4, 0.5) is 14.0 Å². The molecule has 0 radical (unpaired) electrons. The van der Waals surface area contributed by atoms with Crippen LogP contribution in [0.3, 0.4) is 0 Å². The van der Waals surface area contributed by atoms with Gasteiger partial charge in [0.15, 0.2) is 5.83 Å². The van der Waals surface area contributed by atoms with Gasteiger partial charge in [0, 0.05) is 12.5 Å². The monoisotopic (exact) mass is 749 g/mol. The number of alkyl carbamates (subject to hydrolysis) is 1. The molecular formula is C36H52FN5O9S. The van der Waals surface area contributed by atoms with Crippen molar-refractivity contribution in [2.45, 2.75) is 127 Å². The van der Waals surface area contributed by atoms with E-state index in [0.717, 1.165) is 36.3 Å². The van der Waals surface area contributed by atoms with Crippen LogP contribution >= 0.6 is 0 Å². The van der Waals surface area contributed by atoms with Gasteiger partial charge in [-0.1, -0.05) is 26.0 Å². The van der Waals surface area contributed by atoms with Crippen LogP contribution in [-0.4, -0.2) is 100 Å². The highest BCUT2D eigenvalue weighted by Gasteiger charge is 2.63. The third kappa shape index (κ3) is 8.53. The van der Waals surface area contributed by atoms with Crippen molar-refractivity contribution < 1.29 is 46.6 Å². The van der Waals surface area contributed by atoms with E-state index in [1.165, 1.54) is 0 Å². The summed E-state index contributed by atoms with van der Waals surface area (Å²) in [5.74, 6) is -3.48. The fourth-order valence-electron chi connectivity index (χ4n) is 7.47. The fraction of sp³-hybridized carbons (Fsp3) is 0.694. The minimum atomic E-state index is -4.00. The van der Waals surface area contributed by atoms with Crippen molar-refractivity contribution in [1.82, 2.24) is 25.2 Å². The van der Waals surface area contributed by atoms with E-state index in [0.29, 0.717) is 31.7 Å². The van der Waals surface area contributed by atoms with Gasteiger partial charge < -0.3 is 20.5 Å². The number of amides is 4. The molecule has 0 spiro atoms. The molecule has 2 saturated carbocycles. The minimum absolute atomic E-state index is 0.0544. The van der Waals surface area contributed by atoms with Gasteiger partial charge in [-0.05, 0) is 110 Å². The molecular weight excluding hydrogens is 697 g/mol. The Hall–Kier alpha value is -3.79. The second-order valence-electron chi connectivity index (χ2n) is 16.5. The van der Waals surface area contributed by atoms with Gasteiger partial charge in [0.1, 0.15) is 17.2 Å². The molecule has 2 aliphatic heterocycles. The van der Waals surface area contributed by atoms with Crippen molar-refractivity contribution in [3.8, 4) is 0 Å². The number of carbonyl (C=O) groups is 5. The highest BCUT2D eigenvalue weighted by atomic mass is 32.2. The van der Waals surface area contributed by atoms with E-state index >= 15 is 0 Å². The van der Waals surface area contributed by atoms with Gasteiger partial charge in [0.05, 0.1) is 22.5 Å². The summed E-state index contributed by atoms with van der Waals surface area (Å²) < 4.78 is 47.2. The fourth-order valence-corrected chi connectivity index (χ4v) is 8.79. The number of nitrogens with one attached hydrogen (secondary N) is 3. The highest BCUT2D eigenvalue weighted by Crippen LogP contribution is 2.47. The first-order valence-electron chi connectivity index (χ1n) is 18.1. The topological polar surface area (TPSA) is 192 Å². The van der Waals surface area contributed by atoms with Crippen LogP contribution in [0.1, 0.15) is 92.9 Å². The van der Waals surface area contributed by atoms with Crippen LogP contribution < -0.4 is 15.4 Å². The third-order valence-corrected chi connectivity index (χ3v) is 13.1. The number of Topliss-reactive ketones (excluding diaryl/α,β-unsaturated/α-hetero) is 1. The summed E-state index contributed by atoms with van der Waals surface area (Å²) in [5.41, 5.74) is -2.68. The standard InChI is InChI=1S/C36H52FN5O9S/c1-21-9-7-8-10-23-19-36(23,31(45)40-52(49,50)35(6)14-15-35)39-30(44)27-18-24(20-41(27)16-13-22(2)17-21)42(33(47)48)26-12-11-25(37)29(43)28(26)38-32(46)51-34(3,4)5/h8,10-12,21-24,27-28H,7,9,13-20H2,1-6H3,(H,38,46)(H,39,44)(H,40,45)(H,47,48)/b10-8-/t21-,22-,23+,24+,27-,28-,36+/m0/s1. The number of nitrogens with zero attached hydrogens (tertiary/aromatic N) is 2. The lowest BCUT2D eigenvalue weighted by Crippen LogP contribution is -2.56. The summed E-state index contributed by atoms with van der Waals surface area (Å²) in [5, 5.41) is 15.7. The molecule has 16 heteroatoms. The van der Waals surface area contributed by atoms with Crippen LogP contribution in [0.5, 0.6) is 0 Å². The zero-order valence-electron chi connectivity index (χ0n) is 30.7. The number of hydrogen-bond acceptors (Lipinski definition) is 9. The van der Waals surface area contributed by atoms with E-state index in [-0.39, 0.29) is 31.0 Å². The smallest absolute Gasteiger partial charge is 0.411 e. The lowest BCUT2D eigenvalue weighted by atomic mass is 9.91. The van der Waals surface area contributed by atoms with Gasteiger partial charge in [0.25, 0.3) is 5.91 Å². The van der Waals surface area contributed by atoms with Crippen molar-refractivity contribution >= 4 is 39.8 Å². The molecule has 0 aromatic carbocycles. The lowest BCUT2D eigenvalue weighted by Gasteiger charge is -2.34. The molecule has 5 aliphatic rings. The number of fused-ring (bicyclic) bond motifs is 2. The molecule has 4 amide bonds. The Morgan fingerprint density at radius 3 is 2.40 bits per heavy atom. The minimum Gasteiger partial charge on any atom is -0.465 e. The lowest BCUT2D eigenvalue weighted by molar-refractivity contribution is -0.131.